The van der Waals surface area contributed by atoms with Crippen molar-refractivity contribution in [2.45, 2.75) is 37.5 Å². The van der Waals surface area contributed by atoms with Crippen molar-refractivity contribution in [1.82, 2.24) is 5.32 Å². The highest BCUT2D eigenvalue weighted by atomic mass is 31.2. The van der Waals surface area contributed by atoms with Gasteiger partial charge in [-0.25, -0.2) is 0 Å². The Morgan fingerprint density at radius 1 is 1.12 bits per heavy atom. The highest BCUT2D eigenvalue weighted by Crippen LogP contribution is 2.65. The largest absolute Gasteiger partial charge is 0.360 e. The molecule has 26 heavy (non-hydrogen) atoms. The highest BCUT2D eigenvalue weighted by molar-refractivity contribution is 7.53. The summed E-state index contributed by atoms with van der Waals surface area (Å²) in [5, 5.41) is 0.711. The Balaban J connectivity index is 2.15. The minimum atomic E-state index is -4.82. The molecule has 0 saturated carbocycles. The van der Waals surface area contributed by atoms with Crippen LogP contribution >= 0.6 is 7.60 Å². The lowest BCUT2D eigenvalue weighted by Gasteiger charge is -2.34. The number of unbranched alkanes of at least 4 members (excludes halogenated alkanes) is 1. The van der Waals surface area contributed by atoms with E-state index < -0.39 is 24.8 Å². The minimum absolute atomic E-state index is 0.394. The first-order valence-corrected chi connectivity index (χ1v) is 10.3. The number of carbonyl (C=O) groups is 1. The number of hydrogen-bond acceptors (Lipinski definition) is 3. The molecule has 1 atom stereocenters. The van der Waals surface area contributed by atoms with E-state index in [4.69, 9.17) is 5.73 Å². The molecule has 0 saturated heterocycles. The van der Waals surface area contributed by atoms with Gasteiger partial charge in [-0.05, 0) is 17.5 Å². The Morgan fingerprint density at radius 3 is 2.08 bits per heavy atom. The van der Waals surface area contributed by atoms with E-state index in [1.54, 1.807) is 48.5 Å². The first kappa shape index (κ1) is 18.8. The Morgan fingerprint density at radius 2 is 1.62 bits per heavy atom. The van der Waals surface area contributed by atoms with Gasteiger partial charge in [-0.15, -0.1) is 0 Å². The molecule has 138 valence electrons. The Bertz CT molecular complexity index is 832. The van der Waals surface area contributed by atoms with Crippen LogP contribution in [0.5, 0.6) is 0 Å². The summed E-state index contributed by atoms with van der Waals surface area (Å²) in [5.74, 6) is -0.562. The van der Waals surface area contributed by atoms with Crippen molar-refractivity contribution in [3.63, 3.8) is 0 Å². The molecule has 1 aliphatic rings. The lowest BCUT2D eigenvalue weighted by atomic mass is 10.0. The molecule has 0 spiro atoms. The molecule has 0 aromatic heterocycles. The number of nitrogens with two attached hydrogens (primary N) is 1. The fourth-order valence-corrected chi connectivity index (χ4v) is 4.83. The highest BCUT2D eigenvalue weighted by Gasteiger charge is 2.56. The van der Waals surface area contributed by atoms with Crippen LogP contribution in [0.25, 0.3) is 11.1 Å². The second-order valence-electron chi connectivity index (χ2n) is 6.58. The molecule has 7 heteroatoms. The molecular weight excluding hydrogens is 351 g/mol. The molecule has 1 amide bonds. The van der Waals surface area contributed by atoms with Gasteiger partial charge in [0, 0.05) is 11.1 Å². The number of benzene rings is 2. The summed E-state index contributed by atoms with van der Waals surface area (Å²) >= 11 is 0. The predicted molar refractivity (Wildman–Crippen MR) is 100 cm³/mol. The van der Waals surface area contributed by atoms with Gasteiger partial charge in [0.15, 0.2) is 5.28 Å². The Hall–Kier alpha value is -1.98. The van der Waals surface area contributed by atoms with E-state index in [-0.39, 0.29) is 0 Å². The molecule has 6 nitrogen and oxygen atoms in total. The molecule has 1 unspecified atom stereocenters. The third-order valence-electron chi connectivity index (χ3n) is 4.87. The van der Waals surface area contributed by atoms with Gasteiger partial charge < -0.3 is 20.8 Å². The Kier molecular flexibility index (Phi) is 5.04. The normalized spacial score (nSPS) is 15.8. The molecule has 0 fully saturated rings. The van der Waals surface area contributed by atoms with E-state index >= 15 is 0 Å². The van der Waals surface area contributed by atoms with E-state index in [2.05, 4.69) is 5.32 Å². The topological polar surface area (TPSA) is 113 Å². The zero-order valence-corrected chi connectivity index (χ0v) is 15.4. The summed E-state index contributed by atoms with van der Waals surface area (Å²) in [5.41, 5.74) is 8.15. The summed E-state index contributed by atoms with van der Waals surface area (Å²) in [7, 11) is -4.82. The van der Waals surface area contributed by atoms with Gasteiger partial charge >= 0.3 is 7.60 Å². The van der Waals surface area contributed by atoms with Crippen LogP contribution in [0.1, 0.15) is 37.3 Å². The SMILES string of the molecule is CCCCC(N)C(=O)NC1(P(=O)(O)O)c2ccccc2-c2ccccc21. The molecule has 2 aromatic rings. The van der Waals surface area contributed by atoms with Crippen LogP contribution in [-0.4, -0.2) is 21.7 Å². The molecule has 0 bridgehead atoms. The van der Waals surface area contributed by atoms with Crippen molar-refractivity contribution in [3.8, 4) is 11.1 Å². The van der Waals surface area contributed by atoms with Crippen molar-refractivity contribution in [3.05, 3.63) is 59.7 Å². The van der Waals surface area contributed by atoms with Crippen molar-refractivity contribution >= 4 is 13.5 Å². The van der Waals surface area contributed by atoms with E-state index in [1.165, 1.54) is 0 Å². The third kappa shape index (κ3) is 2.89. The number of hydrogen-bond donors (Lipinski definition) is 4. The van der Waals surface area contributed by atoms with Crippen molar-refractivity contribution < 1.29 is 19.1 Å². The fourth-order valence-electron chi connectivity index (χ4n) is 3.56. The number of carbonyl (C=O) groups excluding carboxylic acids is 1. The molecular formula is C19H23N2O4P. The van der Waals surface area contributed by atoms with Crippen LogP contribution in [0.3, 0.4) is 0 Å². The predicted octanol–water partition coefficient (Wildman–Crippen LogP) is 2.68. The summed E-state index contributed by atoms with van der Waals surface area (Å²) < 4.78 is 12.7. The summed E-state index contributed by atoms with van der Waals surface area (Å²) in [6.45, 7) is 1.99. The molecule has 3 rings (SSSR count). The molecule has 0 aliphatic heterocycles. The maximum Gasteiger partial charge on any atom is 0.360 e. The average Bonchev–Trinajstić information content (AvgIpc) is 2.91. The lowest BCUT2D eigenvalue weighted by molar-refractivity contribution is -0.123. The van der Waals surface area contributed by atoms with Crippen molar-refractivity contribution in [2.24, 2.45) is 5.73 Å². The number of amides is 1. The summed E-state index contributed by atoms with van der Waals surface area (Å²) in [6.07, 6.45) is 2.11. The van der Waals surface area contributed by atoms with Crippen LogP contribution in [-0.2, 0) is 14.6 Å². The lowest BCUT2D eigenvalue weighted by Crippen LogP contribution is -2.51. The second-order valence-corrected chi connectivity index (χ2v) is 8.34. The number of nitrogens with one attached hydrogen (secondary N) is 1. The van der Waals surface area contributed by atoms with E-state index in [9.17, 15) is 19.1 Å². The first-order chi connectivity index (χ1) is 12.3. The van der Waals surface area contributed by atoms with E-state index in [0.29, 0.717) is 28.7 Å². The van der Waals surface area contributed by atoms with Crippen LogP contribution in [0, 0.1) is 0 Å². The van der Waals surface area contributed by atoms with Crippen LogP contribution in [0.15, 0.2) is 48.5 Å². The second kappa shape index (κ2) is 6.97. The van der Waals surface area contributed by atoms with Gasteiger partial charge in [0.1, 0.15) is 0 Å². The van der Waals surface area contributed by atoms with Crippen LogP contribution < -0.4 is 11.1 Å². The number of rotatable bonds is 6. The molecule has 1 aliphatic carbocycles. The van der Waals surface area contributed by atoms with Gasteiger partial charge in [-0.2, -0.15) is 0 Å². The maximum absolute atomic E-state index is 12.7. The van der Waals surface area contributed by atoms with Crippen LogP contribution in [0.2, 0.25) is 0 Å². The third-order valence-corrected chi connectivity index (χ3v) is 6.34. The molecule has 2 aromatic carbocycles. The number of fused-ring (bicyclic) bond motifs is 3. The van der Waals surface area contributed by atoms with Gasteiger partial charge in [0.2, 0.25) is 5.91 Å². The molecule has 0 heterocycles. The fraction of sp³-hybridized carbons (Fsp3) is 0.316. The van der Waals surface area contributed by atoms with Crippen molar-refractivity contribution in [1.29, 1.82) is 0 Å². The van der Waals surface area contributed by atoms with Gasteiger partial charge in [0.25, 0.3) is 0 Å². The quantitative estimate of drug-likeness (QED) is 0.581. The van der Waals surface area contributed by atoms with Crippen LogP contribution in [0.4, 0.5) is 0 Å². The van der Waals surface area contributed by atoms with Gasteiger partial charge in [-0.1, -0.05) is 68.3 Å². The van der Waals surface area contributed by atoms with E-state index in [1.807, 2.05) is 6.92 Å². The molecule has 0 radical (unpaired) electrons. The zero-order valence-electron chi connectivity index (χ0n) is 14.6. The molecule has 5 N–H and O–H groups in total. The van der Waals surface area contributed by atoms with Gasteiger partial charge in [0.05, 0.1) is 6.04 Å². The first-order valence-electron chi connectivity index (χ1n) is 8.65. The zero-order chi connectivity index (χ0) is 18.9. The smallest absolute Gasteiger partial charge is 0.331 e. The minimum Gasteiger partial charge on any atom is -0.331 e. The standard InChI is InChI=1S/C19H23N2O4P/c1-2-3-12-17(20)18(22)21-19(26(23,24)25)15-10-6-4-8-13(15)14-9-5-7-11-16(14)19/h4-11,17H,2-3,12,20H2,1H3,(H,21,22)(H2,23,24,25). The van der Waals surface area contributed by atoms with Crippen molar-refractivity contribution in [2.75, 3.05) is 0 Å². The Labute approximate surface area is 152 Å². The maximum atomic E-state index is 12.7. The monoisotopic (exact) mass is 374 g/mol. The average molecular weight is 374 g/mol. The summed E-state index contributed by atoms with van der Waals surface area (Å²) in [4.78, 5) is 33.3. The summed E-state index contributed by atoms with van der Waals surface area (Å²) in [6, 6.07) is 13.1. The van der Waals surface area contributed by atoms with E-state index in [0.717, 1.165) is 12.8 Å². The van der Waals surface area contributed by atoms with Gasteiger partial charge in [-0.3, -0.25) is 9.36 Å².